The van der Waals surface area contributed by atoms with Crippen molar-refractivity contribution in [2.45, 2.75) is 33.3 Å². The van der Waals surface area contributed by atoms with Crippen molar-refractivity contribution >= 4 is 17.1 Å². The molecular formula is C13H16N2O2. The van der Waals surface area contributed by atoms with Gasteiger partial charge in [-0.1, -0.05) is 0 Å². The second kappa shape index (κ2) is 3.87. The Labute approximate surface area is 100 Å². The number of aromatic nitrogens is 2. The maximum absolute atomic E-state index is 11.9. The van der Waals surface area contributed by atoms with Crippen LogP contribution in [0, 0.1) is 6.92 Å². The number of hydrogen-bond donors (Lipinski definition) is 0. The first-order valence-corrected chi connectivity index (χ1v) is 5.55. The molecule has 0 amide bonds. The first kappa shape index (κ1) is 11.6. The normalized spacial score (nSPS) is 11.8. The minimum atomic E-state index is -0.502. The Kier molecular flexibility index (Phi) is 2.65. The summed E-state index contributed by atoms with van der Waals surface area (Å²) in [6, 6.07) is 5.71. The number of carbonyl (C=O) groups excluding carboxylic acids is 1. The van der Waals surface area contributed by atoms with Crippen molar-refractivity contribution in [3.63, 3.8) is 0 Å². The molecular weight excluding hydrogens is 216 g/mol. The molecule has 0 saturated heterocycles. The number of aryl methyl sites for hydroxylation is 1. The molecule has 0 unspecified atom stereocenters. The van der Waals surface area contributed by atoms with E-state index in [1.165, 1.54) is 4.57 Å². The zero-order chi connectivity index (χ0) is 12.6. The van der Waals surface area contributed by atoms with Gasteiger partial charge in [-0.15, -0.1) is 0 Å². The van der Waals surface area contributed by atoms with Gasteiger partial charge in [-0.05, 0) is 45.9 Å². The fourth-order valence-corrected chi connectivity index (χ4v) is 1.56. The standard InChI is InChI=1S/C13H16N2O2/c1-9-5-6-10-7-8-15(11(10)14-9)12(16)17-13(2,3)4/h5-8H,1-4H3. The topological polar surface area (TPSA) is 44.1 Å². The molecule has 2 aromatic heterocycles. The van der Waals surface area contributed by atoms with Gasteiger partial charge >= 0.3 is 6.09 Å². The number of carbonyl (C=O) groups is 1. The fourth-order valence-electron chi connectivity index (χ4n) is 1.56. The van der Waals surface area contributed by atoms with Gasteiger partial charge in [-0.3, -0.25) is 0 Å². The smallest absolute Gasteiger partial charge is 0.420 e. The molecule has 4 nitrogen and oxygen atoms in total. The number of rotatable bonds is 0. The Morgan fingerprint density at radius 3 is 2.65 bits per heavy atom. The SMILES string of the molecule is Cc1ccc2ccn(C(=O)OC(C)(C)C)c2n1. The van der Waals surface area contributed by atoms with Gasteiger partial charge in [0.05, 0.1) is 0 Å². The van der Waals surface area contributed by atoms with Gasteiger partial charge in [0.1, 0.15) is 11.2 Å². The van der Waals surface area contributed by atoms with E-state index < -0.39 is 11.7 Å². The molecule has 2 heterocycles. The molecule has 0 aliphatic rings. The number of nitrogens with zero attached hydrogens (tertiary/aromatic N) is 2. The van der Waals surface area contributed by atoms with Crippen LogP contribution in [0.3, 0.4) is 0 Å². The highest BCUT2D eigenvalue weighted by Crippen LogP contribution is 2.16. The maximum atomic E-state index is 11.9. The molecule has 0 aliphatic heterocycles. The van der Waals surface area contributed by atoms with Crippen LogP contribution < -0.4 is 0 Å². The van der Waals surface area contributed by atoms with E-state index in [4.69, 9.17) is 4.74 Å². The van der Waals surface area contributed by atoms with Crippen molar-refractivity contribution in [1.82, 2.24) is 9.55 Å². The van der Waals surface area contributed by atoms with Gasteiger partial charge in [0.2, 0.25) is 0 Å². The molecule has 0 radical (unpaired) electrons. The molecule has 0 aliphatic carbocycles. The maximum Gasteiger partial charge on any atom is 0.420 e. The largest absolute Gasteiger partial charge is 0.443 e. The zero-order valence-electron chi connectivity index (χ0n) is 10.5. The summed E-state index contributed by atoms with van der Waals surface area (Å²) in [5, 5.41) is 0.932. The molecule has 4 heteroatoms. The summed E-state index contributed by atoms with van der Waals surface area (Å²) in [4.78, 5) is 16.3. The Bertz CT molecular complexity index is 564. The van der Waals surface area contributed by atoms with Crippen LogP contribution in [0.2, 0.25) is 0 Å². The molecule has 0 N–H and O–H groups in total. The summed E-state index contributed by atoms with van der Waals surface area (Å²) in [5.74, 6) is 0. The lowest BCUT2D eigenvalue weighted by Crippen LogP contribution is -2.26. The predicted molar refractivity (Wildman–Crippen MR) is 66.1 cm³/mol. The average Bonchev–Trinajstić information content (AvgIpc) is 2.57. The van der Waals surface area contributed by atoms with Crippen LogP contribution in [0.1, 0.15) is 26.5 Å². The summed E-state index contributed by atoms with van der Waals surface area (Å²) in [6.07, 6.45) is 1.29. The van der Waals surface area contributed by atoms with E-state index in [1.807, 2.05) is 45.9 Å². The van der Waals surface area contributed by atoms with Crippen LogP contribution in [0.5, 0.6) is 0 Å². The van der Waals surface area contributed by atoms with Crippen LogP contribution in [0.4, 0.5) is 4.79 Å². The van der Waals surface area contributed by atoms with Crippen molar-refractivity contribution in [3.05, 3.63) is 30.1 Å². The van der Waals surface area contributed by atoms with Crippen LogP contribution in [-0.4, -0.2) is 21.2 Å². The van der Waals surface area contributed by atoms with Crippen LogP contribution in [0.25, 0.3) is 11.0 Å². The minimum Gasteiger partial charge on any atom is -0.443 e. The lowest BCUT2D eigenvalue weighted by atomic mass is 10.2. The van der Waals surface area contributed by atoms with Gasteiger partial charge in [0, 0.05) is 17.3 Å². The molecule has 0 atom stereocenters. The summed E-state index contributed by atoms with van der Waals surface area (Å²) in [7, 11) is 0. The molecule has 90 valence electrons. The average molecular weight is 232 g/mol. The summed E-state index contributed by atoms with van der Waals surface area (Å²) in [5.41, 5.74) is 1.01. The van der Waals surface area contributed by atoms with Crippen molar-refractivity contribution in [2.24, 2.45) is 0 Å². The Morgan fingerprint density at radius 1 is 1.29 bits per heavy atom. The molecule has 0 fully saturated rings. The van der Waals surface area contributed by atoms with E-state index in [2.05, 4.69) is 4.98 Å². The van der Waals surface area contributed by atoms with Crippen LogP contribution >= 0.6 is 0 Å². The Morgan fingerprint density at radius 2 is 2.00 bits per heavy atom. The second-order valence-corrected chi connectivity index (χ2v) is 5.03. The molecule has 0 aromatic carbocycles. The predicted octanol–water partition coefficient (Wildman–Crippen LogP) is 3.13. The van der Waals surface area contributed by atoms with Crippen molar-refractivity contribution in [1.29, 1.82) is 0 Å². The van der Waals surface area contributed by atoms with Crippen LogP contribution in [-0.2, 0) is 4.74 Å². The number of fused-ring (bicyclic) bond motifs is 1. The van der Waals surface area contributed by atoms with Gasteiger partial charge < -0.3 is 4.74 Å². The van der Waals surface area contributed by atoms with E-state index in [-0.39, 0.29) is 0 Å². The third kappa shape index (κ3) is 2.46. The van der Waals surface area contributed by atoms with Crippen molar-refractivity contribution in [2.75, 3.05) is 0 Å². The third-order valence-corrected chi connectivity index (χ3v) is 2.27. The first-order valence-electron chi connectivity index (χ1n) is 5.55. The molecule has 2 rings (SSSR count). The van der Waals surface area contributed by atoms with E-state index >= 15 is 0 Å². The van der Waals surface area contributed by atoms with Gasteiger partial charge in [-0.25, -0.2) is 14.3 Å². The third-order valence-electron chi connectivity index (χ3n) is 2.27. The highest BCUT2D eigenvalue weighted by molar-refractivity contribution is 5.87. The van der Waals surface area contributed by atoms with Crippen molar-refractivity contribution in [3.8, 4) is 0 Å². The van der Waals surface area contributed by atoms with E-state index in [0.717, 1.165) is 11.1 Å². The quantitative estimate of drug-likeness (QED) is 0.701. The Balaban J connectivity index is 2.42. The van der Waals surface area contributed by atoms with Gasteiger partial charge in [-0.2, -0.15) is 0 Å². The monoisotopic (exact) mass is 232 g/mol. The minimum absolute atomic E-state index is 0.398. The number of ether oxygens (including phenoxy) is 1. The van der Waals surface area contributed by atoms with Crippen LogP contribution in [0.15, 0.2) is 24.4 Å². The Hall–Kier alpha value is -1.84. The highest BCUT2D eigenvalue weighted by atomic mass is 16.6. The van der Waals surface area contributed by atoms with Gasteiger partial charge in [0.25, 0.3) is 0 Å². The summed E-state index contributed by atoms with van der Waals surface area (Å²) in [6.45, 7) is 7.42. The number of hydrogen-bond acceptors (Lipinski definition) is 3. The van der Waals surface area contributed by atoms with E-state index in [1.54, 1.807) is 6.20 Å². The van der Waals surface area contributed by atoms with E-state index in [9.17, 15) is 4.79 Å². The van der Waals surface area contributed by atoms with Gasteiger partial charge in [0.15, 0.2) is 0 Å². The van der Waals surface area contributed by atoms with Crippen molar-refractivity contribution < 1.29 is 9.53 Å². The van der Waals surface area contributed by atoms with E-state index in [0.29, 0.717) is 5.65 Å². The lowest BCUT2D eigenvalue weighted by Gasteiger charge is -2.19. The second-order valence-electron chi connectivity index (χ2n) is 5.03. The highest BCUT2D eigenvalue weighted by Gasteiger charge is 2.19. The molecule has 0 spiro atoms. The summed E-state index contributed by atoms with van der Waals surface area (Å²) < 4.78 is 6.75. The molecule has 0 bridgehead atoms. The summed E-state index contributed by atoms with van der Waals surface area (Å²) >= 11 is 0. The lowest BCUT2D eigenvalue weighted by molar-refractivity contribution is 0.0543. The number of pyridine rings is 1. The molecule has 2 aromatic rings. The molecule has 0 saturated carbocycles. The molecule has 17 heavy (non-hydrogen) atoms. The fraction of sp³-hybridized carbons (Fsp3) is 0.385. The zero-order valence-corrected chi connectivity index (χ0v) is 10.5. The first-order chi connectivity index (χ1) is 7.87.